The van der Waals surface area contributed by atoms with Gasteiger partial charge in [-0.1, -0.05) is 6.07 Å². The lowest BCUT2D eigenvalue weighted by Crippen LogP contribution is -2.28. The maximum absolute atomic E-state index is 5.69. The minimum Gasteiger partial charge on any atom is -0.493 e. The number of hydrogen-bond donors (Lipinski definition) is 0. The second-order valence-electron chi connectivity index (χ2n) is 3.95. The van der Waals surface area contributed by atoms with Crippen molar-refractivity contribution < 1.29 is 9.47 Å². The molecule has 79 valence electrons. The summed E-state index contributed by atoms with van der Waals surface area (Å²) in [7, 11) is 0. The molecule has 2 heterocycles. The number of nitrogens with zero attached hydrogens (tertiary/aromatic N) is 1. The first-order valence-corrected chi connectivity index (χ1v) is 5.44. The Morgan fingerprint density at radius 1 is 1.27 bits per heavy atom. The van der Waals surface area contributed by atoms with Gasteiger partial charge in [-0.3, -0.25) is 0 Å². The third-order valence-electron chi connectivity index (χ3n) is 2.95. The summed E-state index contributed by atoms with van der Waals surface area (Å²) in [6.45, 7) is 3.19. The number of morpholine rings is 1. The van der Waals surface area contributed by atoms with Gasteiger partial charge in [0, 0.05) is 19.5 Å². The molecule has 1 atom stereocenters. The first-order chi connectivity index (χ1) is 7.43. The van der Waals surface area contributed by atoms with E-state index in [0.29, 0.717) is 0 Å². The van der Waals surface area contributed by atoms with Crippen LogP contribution in [-0.2, 0) is 11.2 Å². The van der Waals surface area contributed by atoms with Gasteiger partial charge in [0.25, 0.3) is 0 Å². The summed E-state index contributed by atoms with van der Waals surface area (Å²) in [6, 6.07) is 6.35. The van der Waals surface area contributed by atoms with Crippen LogP contribution in [0.3, 0.4) is 0 Å². The van der Waals surface area contributed by atoms with Crippen LogP contribution in [0.15, 0.2) is 18.2 Å². The molecule has 2 aliphatic rings. The summed E-state index contributed by atoms with van der Waals surface area (Å²) in [5, 5.41) is 4.37. The van der Waals surface area contributed by atoms with E-state index < -0.39 is 0 Å². The second kappa shape index (κ2) is 3.83. The predicted molar refractivity (Wildman–Crippen MR) is 56.2 cm³/mol. The summed E-state index contributed by atoms with van der Waals surface area (Å²) in [5.74, 6) is 1.03. The van der Waals surface area contributed by atoms with E-state index in [9.17, 15) is 0 Å². The third-order valence-corrected chi connectivity index (χ3v) is 2.95. The fourth-order valence-electron chi connectivity index (χ4n) is 2.13. The van der Waals surface area contributed by atoms with E-state index >= 15 is 0 Å². The van der Waals surface area contributed by atoms with Crippen molar-refractivity contribution in [2.24, 2.45) is 0 Å². The van der Waals surface area contributed by atoms with Crippen molar-refractivity contribution >= 4 is 0 Å². The monoisotopic (exact) mass is 204 g/mol. The molecule has 1 radical (unpaired) electrons. The van der Waals surface area contributed by atoms with Gasteiger partial charge in [0.2, 0.25) is 0 Å². The molecule has 1 saturated heterocycles. The van der Waals surface area contributed by atoms with E-state index in [0.717, 1.165) is 38.5 Å². The first kappa shape index (κ1) is 9.19. The van der Waals surface area contributed by atoms with Gasteiger partial charge in [-0.05, 0) is 23.3 Å². The molecule has 0 aliphatic carbocycles. The second-order valence-corrected chi connectivity index (χ2v) is 3.95. The van der Waals surface area contributed by atoms with Crippen LogP contribution < -0.4 is 10.1 Å². The molecule has 15 heavy (non-hydrogen) atoms. The minimum absolute atomic E-state index is 0.157. The Balaban J connectivity index is 1.85. The fraction of sp³-hybridized carbons (Fsp3) is 0.500. The first-order valence-electron chi connectivity index (χ1n) is 5.44. The lowest BCUT2D eigenvalue weighted by molar-refractivity contribution is 0.0260. The zero-order valence-electron chi connectivity index (χ0n) is 8.61. The molecule has 0 amide bonds. The Bertz CT molecular complexity index is 359. The van der Waals surface area contributed by atoms with Crippen LogP contribution in [0.2, 0.25) is 0 Å². The van der Waals surface area contributed by atoms with Gasteiger partial charge in [-0.25, -0.2) is 5.32 Å². The fourth-order valence-corrected chi connectivity index (χ4v) is 2.13. The van der Waals surface area contributed by atoms with Crippen LogP contribution in [-0.4, -0.2) is 26.3 Å². The highest BCUT2D eigenvalue weighted by atomic mass is 16.5. The lowest BCUT2D eigenvalue weighted by atomic mass is 10.0. The van der Waals surface area contributed by atoms with Crippen molar-refractivity contribution in [3.8, 4) is 5.75 Å². The summed E-state index contributed by atoms with van der Waals surface area (Å²) >= 11 is 0. The molecule has 1 fully saturated rings. The van der Waals surface area contributed by atoms with Crippen molar-refractivity contribution in [2.45, 2.75) is 12.5 Å². The average molecular weight is 204 g/mol. The summed E-state index contributed by atoms with van der Waals surface area (Å²) in [5.41, 5.74) is 2.55. The van der Waals surface area contributed by atoms with Gasteiger partial charge in [0.05, 0.1) is 19.3 Å². The Labute approximate surface area is 89.4 Å². The van der Waals surface area contributed by atoms with Crippen LogP contribution in [0.25, 0.3) is 0 Å². The largest absolute Gasteiger partial charge is 0.493 e. The SMILES string of the molecule is c1cc2c(cc1C1C[N]CCO1)CCO2. The average Bonchev–Trinajstić information content (AvgIpc) is 2.77. The minimum atomic E-state index is 0.157. The van der Waals surface area contributed by atoms with Gasteiger partial charge in [-0.15, -0.1) is 0 Å². The number of benzene rings is 1. The highest BCUT2D eigenvalue weighted by molar-refractivity contribution is 5.40. The number of ether oxygens (including phenoxy) is 2. The number of hydrogen-bond acceptors (Lipinski definition) is 2. The van der Waals surface area contributed by atoms with Gasteiger partial charge >= 0.3 is 0 Å². The molecule has 3 nitrogen and oxygen atoms in total. The smallest absolute Gasteiger partial charge is 0.122 e. The topological polar surface area (TPSA) is 32.6 Å². The Morgan fingerprint density at radius 2 is 2.27 bits per heavy atom. The number of rotatable bonds is 1. The van der Waals surface area contributed by atoms with Crippen molar-refractivity contribution in [1.29, 1.82) is 0 Å². The zero-order valence-corrected chi connectivity index (χ0v) is 8.61. The van der Waals surface area contributed by atoms with Crippen LogP contribution in [0.1, 0.15) is 17.2 Å². The Hall–Kier alpha value is -1.06. The molecule has 3 rings (SSSR count). The Kier molecular flexibility index (Phi) is 2.35. The molecule has 0 bridgehead atoms. The van der Waals surface area contributed by atoms with Crippen molar-refractivity contribution in [3.63, 3.8) is 0 Å². The zero-order chi connectivity index (χ0) is 10.1. The lowest BCUT2D eigenvalue weighted by Gasteiger charge is -2.23. The molecule has 0 aromatic heterocycles. The maximum Gasteiger partial charge on any atom is 0.122 e. The quantitative estimate of drug-likeness (QED) is 0.690. The van der Waals surface area contributed by atoms with Crippen LogP contribution in [0.4, 0.5) is 0 Å². The summed E-state index contributed by atoms with van der Waals surface area (Å²) in [6.07, 6.45) is 1.18. The molecule has 0 spiro atoms. The van der Waals surface area contributed by atoms with Gasteiger partial charge < -0.3 is 9.47 Å². The van der Waals surface area contributed by atoms with Crippen molar-refractivity contribution in [1.82, 2.24) is 5.32 Å². The Morgan fingerprint density at radius 3 is 3.13 bits per heavy atom. The highest BCUT2D eigenvalue weighted by Crippen LogP contribution is 2.29. The molecule has 0 N–H and O–H groups in total. The third kappa shape index (κ3) is 1.73. The molecular formula is C12H14NO2. The molecule has 3 heteroatoms. The summed E-state index contributed by atoms with van der Waals surface area (Å²) < 4.78 is 11.2. The van der Waals surface area contributed by atoms with Crippen LogP contribution >= 0.6 is 0 Å². The van der Waals surface area contributed by atoms with Crippen molar-refractivity contribution in [3.05, 3.63) is 29.3 Å². The molecule has 1 unspecified atom stereocenters. The standard InChI is InChI=1S/C12H14NO2/c1-2-11-10(3-5-14-11)7-9(1)12-8-13-4-6-15-12/h1-2,7,12H,3-6,8H2. The van der Waals surface area contributed by atoms with Gasteiger partial charge in [0.15, 0.2) is 0 Å². The van der Waals surface area contributed by atoms with E-state index in [4.69, 9.17) is 9.47 Å². The number of fused-ring (bicyclic) bond motifs is 1. The van der Waals surface area contributed by atoms with Crippen LogP contribution in [0.5, 0.6) is 5.75 Å². The molecule has 1 aromatic rings. The highest BCUT2D eigenvalue weighted by Gasteiger charge is 2.19. The van der Waals surface area contributed by atoms with E-state index in [1.165, 1.54) is 11.1 Å². The van der Waals surface area contributed by atoms with Crippen LogP contribution in [0, 0.1) is 0 Å². The summed E-state index contributed by atoms with van der Waals surface area (Å²) in [4.78, 5) is 0. The normalized spacial score (nSPS) is 24.7. The molecule has 2 aliphatic heterocycles. The van der Waals surface area contributed by atoms with E-state index in [1.54, 1.807) is 0 Å². The predicted octanol–water partition coefficient (Wildman–Crippen LogP) is 1.30. The molecule has 1 aromatic carbocycles. The van der Waals surface area contributed by atoms with Gasteiger partial charge in [-0.2, -0.15) is 0 Å². The maximum atomic E-state index is 5.69. The van der Waals surface area contributed by atoms with Crippen molar-refractivity contribution in [2.75, 3.05) is 26.3 Å². The van der Waals surface area contributed by atoms with E-state index in [2.05, 4.69) is 23.5 Å². The van der Waals surface area contributed by atoms with Gasteiger partial charge in [0.1, 0.15) is 5.75 Å². The van der Waals surface area contributed by atoms with E-state index in [1.807, 2.05) is 0 Å². The molecule has 0 saturated carbocycles. The van der Waals surface area contributed by atoms with E-state index in [-0.39, 0.29) is 6.10 Å². The molecular weight excluding hydrogens is 190 g/mol.